The number of hydrogen-bond acceptors (Lipinski definition) is 4. The van der Waals surface area contributed by atoms with Gasteiger partial charge in [0.25, 0.3) is 0 Å². The van der Waals surface area contributed by atoms with Gasteiger partial charge in [-0.15, -0.1) is 0 Å². The van der Waals surface area contributed by atoms with Crippen LogP contribution in [0.15, 0.2) is 30.5 Å². The second-order valence-corrected chi connectivity index (χ2v) is 3.67. The summed E-state index contributed by atoms with van der Waals surface area (Å²) >= 11 is 0. The van der Waals surface area contributed by atoms with Gasteiger partial charge in [-0.05, 0) is 25.1 Å². The Morgan fingerprint density at radius 2 is 2.06 bits per heavy atom. The maximum Gasteiger partial charge on any atom is 0.418 e. The fourth-order valence-electron chi connectivity index (χ4n) is 1.74. The van der Waals surface area contributed by atoms with Crippen LogP contribution in [-0.2, 0) is 9.53 Å². The minimum atomic E-state index is -0.451. The van der Waals surface area contributed by atoms with Gasteiger partial charge in [-0.3, -0.25) is 9.36 Å². The van der Waals surface area contributed by atoms with E-state index in [0.29, 0.717) is 23.3 Å². The molecule has 0 aliphatic rings. The van der Waals surface area contributed by atoms with E-state index in [4.69, 9.17) is 9.47 Å². The van der Waals surface area contributed by atoms with E-state index in [2.05, 4.69) is 0 Å². The molecule has 5 heteroatoms. The molecule has 2 aromatic rings. The maximum absolute atomic E-state index is 11.7. The van der Waals surface area contributed by atoms with E-state index in [9.17, 15) is 9.59 Å². The highest BCUT2D eigenvalue weighted by Gasteiger charge is 2.12. The molecule has 18 heavy (non-hydrogen) atoms. The van der Waals surface area contributed by atoms with Gasteiger partial charge in [-0.1, -0.05) is 6.07 Å². The van der Waals surface area contributed by atoms with Crippen molar-refractivity contribution in [3.63, 3.8) is 0 Å². The third-order valence-electron chi connectivity index (χ3n) is 2.41. The molecule has 0 unspecified atom stereocenters. The first-order valence-corrected chi connectivity index (χ1v) is 5.59. The summed E-state index contributed by atoms with van der Waals surface area (Å²) in [6, 6.07) is 6.87. The molecule has 0 saturated carbocycles. The molecular weight excluding hydrogens is 234 g/mol. The van der Waals surface area contributed by atoms with E-state index in [1.807, 2.05) is 0 Å². The van der Waals surface area contributed by atoms with Crippen molar-refractivity contribution >= 4 is 23.0 Å². The van der Waals surface area contributed by atoms with E-state index in [0.717, 1.165) is 0 Å². The Kier molecular flexibility index (Phi) is 3.32. The number of rotatable bonds is 2. The van der Waals surface area contributed by atoms with Crippen LogP contribution < -0.4 is 4.74 Å². The lowest BCUT2D eigenvalue weighted by molar-refractivity contribution is -0.131. The van der Waals surface area contributed by atoms with Crippen LogP contribution in [0.3, 0.4) is 0 Å². The molecule has 2 rings (SSSR count). The van der Waals surface area contributed by atoms with Crippen LogP contribution in [0.4, 0.5) is 4.79 Å². The minimum Gasteiger partial charge on any atom is -0.449 e. The predicted molar refractivity (Wildman–Crippen MR) is 65.7 cm³/mol. The topological polar surface area (TPSA) is 57.5 Å². The number of benzene rings is 1. The Morgan fingerprint density at radius 3 is 2.72 bits per heavy atom. The van der Waals surface area contributed by atoms with Gasteiger partial charge in [0.1, 0.15) is 5.75 Å². The first kappa shape index (κ1) is 12.2. The van der Waals surface area contributed by atoms with Gasteiger partial charge in [-0.2, -0.15) is 0 Å². The van der Waals surface area contributed by atoms with E-state index in [1.165, 1.54) is 11.5 Å². The first-order chi connectivity index (χ1) is 8.63. The Hall–Kier alpha value is -2.30. The Balaban J connectivity index is 2.48. The van der Waals surface area contributed by atoms with Gasteiger partial charge in [-0.25, -0.2) is 4.79 Å². The molecule has 0 fully saturated rings. The SMILES string of the molecule is CCOC(=O)n1ccc2c(OC(C)=O)cccc21. The molecule has 0 N–H and O–H groups in total. The lowest BCUT2D eigenvalue weighted by Crippen LogP contribution is -2.12. The van der Waals surface area contributed by atoms with Gasteiger partial charge in [0.2, 0.25) is 0 Å². The van der Waals surface area contributed by atoms with Gasteiger partial charge in [0.05, 0.1) is 12.1 Å². The second kappa shape index (κ2) is 4.91. The van der Waals surface area contributed by atoms with Crippen molar-refractivity contribution in [3.8, 4) is 5.75 Å². The Bertz CT molecular complexity index is 600. The van der Waals surface area contributed by atoms with Crippen molar-refractivity contribution in [2.45, 2.75) is 13.8 Å². The van der Waals surface area contributed by atoms with Gasteiger partial charge in [0, 0.05) is 18.5 Å². The number of esters is 1. The smallest absolute Gasteiger partial charge is 0.418 e. The molecule has 1 aromatic heterocycles. The predicted octanol–water partition coefficient (Wildman–Crippen LogP) is 2.57. The normalized spacial score (nSPS) is 10.3. The van der Waals surface area contributed by atoms with E-state index in [-0.39, 0.29) is 0 Å². The lowest BCUT2D eigenvalue weighted by atomic mass is 10.2. The molecule has 0 aliphatic carbocycles. The zero-order chi connectivity index (χ0) is 13.1. The highest BCUT2D eigenvalue weighted by molar-refractivity contribution is 5.94. The van der Waals surface area contributed by atoms with Crippen molar-refractivity contribution in [2.75, 3.05) is 6.61 Å². The van der Waals surface area contributed by atoms with Crippen LogP contribution in [0.1, 0.15) is 13.8 Å². The summed E-state index contributed by atoms with van der Waals surface area (Å²) < 4.78 is 11.4. The molecule has 0 radical (unpaired) electrons. The summed E-state index contributed by atoms with van der Waals surface area (Å²) in [4.78, 5) is 22.7. The van der Waals surface area contributed by atoms with Crippen molar-refractivity contribution in [1.82, 2.24) is 4.57 Å². The van der Waals surface area contributed by atoms with E-state index < -0.39 is 12.1 Å². The number of aromatic nitrogens is 1. The molecule has 0 saturated heterocycles. The van der Waals surface area contributed by atoms with Crippen LogP contribution in [0.25, 0.3) is 10.9 Å². The highest BCUT2D eigenvalue weighted by Crippen LogP contribution is 2.26. The molecule has 0 amide bonds. The van der Waals surface area contributed by atoms with Gasteiger partial charge in [0.15, 0.2) is 0 Å². The van der Waals surface area contributed by atoms with Crippen LogP contribution in [0.2, 0.25) is 0 Å². The summed E-state index contributed by atoms with van der Waals surface area (Å²) in [5.41, 5.74) is 0.646. The summed E-state index contributed by atoms with van der Waals surface area (Å²) in [6.45, 7) is 3.39. The molecule has 1 aromatic carbocycles. The Morgan fingerprint density at radius 1 is 1.28 bits per heavy atom. The third-order valence-corrected chi connectivity index (χ3v) is 2.41. The zero-order valence-corrected chi connectivity index (χ0v) is 10.2. The standard InChI is InChI=1S/C13H13NO4/c1-3-17-13(16)14-8-7-10-11(14)5-4-6-12(10)18-9(2)15/h4-8H,3H2,1-2H3. The van der Waals surface area contributed by atoms with Crippen LogP contribution >= 0.6 is 0 Å². The average Bonchev–Trinajstić information content (AvgIpc) is 2.73. The zero-order valence-electron chi connectivity index (χ0n) is 10.2. The summed E-state index contributed by atoms with van der Waals surface area (Å²) in [6.07, 6.45) is 1.14. The molecule has 5 nitrogen and oxygen atoms in total. The number of carbonyl (C=O) groups is 2. The number of carbonyl (C=O) groups excluding carboxylic acids is 2. The number of hydrogen-bond donors (Lipinski definition) is 0. The minimum absolute atomic E-state index is 0.308. The van der Waals surface area contributed by atoms with E-state index in [1.54, 1.807) is 37.4 Å². The Labute approximate surface area is 104 Å². The van der Waals surface area contributed by atoms with Crippen molar-refractivity contribution in [2.24, 2.45) is 0 Å². The molecular formula is C13H13NO4. The highest BCUT2D eigenvalue weighted by atomic mass is 16.5. The number of ether oxygens (including phenoxy) is 2. The number of nitrogens with zero attached hydrogens (tertiary/aromatic N) is 1. The molecule has 1 heterocycles. The fourth-order valence-corrected chi connectivity index (χ4v) is 1.74. The number of fused-ring (bicyclic) bond motifs is 1. The molecule has 0 spiro atoms. The van der Waals surface area contributed by atoms with Crippen molar-refractivity contribution in [3.05, 3.63) is 30.5 Å². The van der Waals surface area contributed by atoms with Crippen LogP contribution in [0.5, 0.6) is 5.75 Å². The van der Waals surface area contributed by atoms with Crippen LogP contribution in [0, 0.1) is 0 Å². The summed E-state index contributed by atoms with van der Waals surface area (Å²) in [7, 11) is 0. The van der Waals surface area contributed by atoms with Crippen LogP contribution in [-0.4, -0.2) is 23.2 Å². The largest absolute Gasteiger partial charge is 0.449 e. The molecule has 0 bridgehead atoms. The lowest BCUT2D eigenvalue weighted by Gasteiger charge is -2.05. The van der Waals surface area contributed by atoms with E-state index >= 15 is 0 Å². The van der Waals surface area contributed by atoms with Crippen molar-refractivity contribution < 1.29 is 19.1 Å². The quantitative estimate of drug-likeness (QED) is 0.604. The van der Waals surface area contributed by atoms with Crippen molar-refractivity contribution in [1.29, 1.82) is 0 Å². The third kappa shape index (κ3) is 2.20. The molecule has 0 aliphatic heterocycles. The fraction of sp³-hybridized carbons (Fsp3) is 0.231. The summed E-state index contributed by atoms with van der Waals surface area (Å²) in [5.74, 6) is 0.0365. The first-order valence-electron chi connectivity index (χ1n) is 5.59. The molecule has 94 valence electrons. The second-order valence-electron chi connectivity index (χ2n) is 3.67. The maximum atomic E-state index is 11.7. The van der Waals surface area contributed by atoms with Gasteiger partial charge >= 0.3 is 12.1 Å². The molecule has 0 atom stereocenters. The van der Waals surface area contributed by atoms with Gasteiger partial charge < -0.3 is 9.47 Å². The monoisotopic (exact) mass is 247 g/mol. The average molecular weight is 247 g/mol. The summed E-state index contributed by atoms with van der Waals surface area (Å²) in [5, 5.41) is 0.695.